The molecule has 0 aliphatic carbocycles. The summed E-state index contributed by atoms with van der Waals surface area (Å²) >= 11 is 6.20. The van der Waals surface area contributed by atoms with Crippen LogP contribution in [0.2, 0.25) is 5.02 Å². The van der Waals surface area contributed by atoms with E-state index in [1.54, 1.807) is 36.1 Å². The second-order valence-corrected chi connectivity index (χ2v) is 6.36. The minimum atomic E-state index is -0.442. The van der Waals surface area contributed by atoms with Crippen LogP contribution in [0.4, 0.5) is 0 Å². The van der Waals surface area contributed by atoms with Crippen molar-refractivity contribution >= 4 is 23.5 Å². The summed E-state index contributed by atoms with van der Waals surface area (Å²) in [7, 11) is 1.35. The van der Waals surface area contributed by atoms with Gasteiger partial charge in [-0.1, -0.05) is 61.0 Å². The zero-order valence-corrected chi connectivity index (χ0v) is 15.4. The second-order valence-electron chi connectivity index (χ2n) is 5.95. The van der Waals surface area contributed by atoms with Crippen LogP contribution in [0.15, 0.2) is 54.6 Å². The Hall–Kier alpha value is -2.33. The Kier molecular flexibility index (Phi) is 6.59. The highest BCUT2D eigenvalue weighted by Crippen LogP contribution is 2.26. The third-order valence-corrected chi connectivity index (χ3v) is 4.52. The summed E-state index contributed by atoms with van der Waals surface area (Å²) in [6.07, 6.45) is 0. The molecule has 0 spiro atoms. The molecular formula is C20H22ClNO3. The average Bonchev–Trinajstić information content (AvgIpc) is 2.65. The minimum absolute atomic E-state index is 0.210. The van der Waals surface area contributed by atoms with E-state index in [4.69, 9.17) is 16.3 Å². The molecule has 2 rings (SSSR count). The van der Waals surface area contributed by atoms with Gasteiger partial charge in [-0.15, -0.1) is 0 Å². The molecular weight excluding hydrogens is 338 g/mol. The fraction of sp³-hybridized carbons (Fsp3) is 0.300. The molecule has 2 atom stereocenters. The van der Waals surface area contributed by atoms with Gasteiger partial charge in [0.2, 0.25) is 0 Å². The van der Waals surface area contributed by atoms with E-state index in [1.165, 1.54) is 7.11 Å². The molecule has 5 heteroatoms. The number of ether oxygens (including phenoxy) is 1. The number of amides is 1. The minimum Gasteiger partial charge on any atom is -0.469 e. The number of benzene rings is 2. The van der Waals surface area contributed by atoms with Gasteiger partial charge in [0.15, 0.2) is 0 Å². The van der Waals surface area contributed by atoms with E-state index in [1.807, 2.05) is 37.3 Å². The molecule has 0 aliphatic rings. The molecule has 0 N–H and O–H groups in total. The smallest absolute Gasteiger partial charge is 0.310 e. The number of carbonyl (C=O) groups is 2. The summed E-state index contributed by atoms with van der Waals surface area (Å²) in [5.41, 5.74) is 1.41. The Morgan fingerprint density at radius 2 is 1.64 bits per heavy atom. The topological polar surface area (TPSA) is 46.6 Å². The SMILES string of the molecule is COC(=O)C(C)CN(C(=O)c1ccccc1Cl)C(C)c1ccccc1. The monoisotopic (exact) mass is 359 g/mol. The molecule has 4 nitrogen and oxygen atoms in total. The normalized spacial score (nSPS) is 13.0. The van der Waals surface area contributed by atoms with Gasteiger partial charge in [0.1, 0.15) is 0 Å². The molecule has 0 radical (unpaired) electrons. The molecule has 0 saturated carbocycles. The lowest BCUT2D eigenvalue weighted by molar-refractivity contribution is -0.145. The molecule has 25 heavy (non-hydrogen) atoms. The predicted octanol–water partition coefficient (Wildman–Crippen LogP) is 4.35. The first-order valence-electron chi connectivity index (χ1n) is 8.14. The molecule has 0 bridgehead atoms. The van der Waals surface area contributed by atoms with Gasteiger partial charge < -0.3 is 9.64 Å². The van der Waals surface area contributed by atoms with E-state index in [9.17, 15) is 9.59 Å². The van der Waals surface area contributed by atoms with Crippen LogP contribution < -0.4 is 0 Å². The fourth-order valence-corrected chi connectivity index (χ4v) is 2.91. The van der Waals surface area contributed by atoms with Gasteiger partial charge in [-0.25, -0.2) is 0 Å². The van der Waals surface area contributed by atoms with E-state index in [2.05, 4.69) is 0 Å². The zero-order valence-electron chi connectivity index (χ0n) is 14.6. The fourth-order valence-electron chi connectivity index (χ4n) is 2.69. The number of halogens is 1. The maximum absolute atomic E-state index is 13.1. The zero-order chi connectivity index (χ0) is 18.4. The van der Waals surface area contributed by atoms with Gasteiger partial charge in [-0.2, -0.15) is 0 Å². The van der Waals surface area contributed by atoms with Crippen molar-refractivity contribution in [3.8, 4) is 0 Å². The summed E-state index contributed by atoms with van der Waals surface area (Å²) < 4.78 is 4.80. The van der Waals surface area contributed by atoms with Crippen molar-refractivity contribution in [2.75, 3.05) is 13.7 Å². The molecule has 2 unspecified atom stereocenters. The van der Waals surface area contributed by atoms with E-state index < -0.39 is 5.92 Å². The van der Waals surface area contributed by atoms with Crippen molar-refractivity contribution in [3.05, 3.63) is 70.7 Å². The van der Waals surface area contributed by atoms with E-state index in [0.717, 1.165) is 5.56 Å². The van der Waals surface area contributed by atoms with Crippen molar-refractivity contribution in [1.29, 1.82) is 0 Å². The van der Waals surface area contributed by atoms with Crippen LogP contribution in [0.3, 0.4) is 0 Å². The lowest BCUT2D eigenvalue weighted by atomic mass is 10.0. The van der Waals surface area contributed by atoms with Gasteiger partial charge in [-0.3, -0.25) is 9.59 Å². The number of hydrogen-bond donors (Lipinski definition) is 0. The van der Waals surface area contributed by atoms with Gasteiger partial charge in [0, 0.05) is 6.54 Å². The van der Waals surface area contributed by atoms with Crippen LogP contribution in [0.25, 0.3) is 0 Å². The van der Waals surface area contributed by atoms with Gasteiger partial charge in [-0.05, 0) is 24.6 Å². The van der Waals surface area contributed by atoms with Crippen LogP contribution in [-0.2, 0) is 9.53 Å². The highest BCUT2D eigenvalue weighted by molar-refractivity contribution is 6.33. The van der Waals surface area contributed by atoms with E-state index >= 15 is 0 Å². The number of esters is 1. The molecule has 0 heterocycles. The highest BCUT2D eigenvalue weighted by Gasteiger charge is 2.28. The molecule has 1 amide bonds. The lowest BCUT2D eigenvalue weighted by Gasteiger charge is -2.31. The second kappa shape index (κ2) is 8.67. The van der Waals surface area contributed by atoms with Crippen molar-refractivity contribution in [3.63, 3.8) is 0 Å². The Labute approximate surface area is 153 Å². The highest BCUT2D eigenvalue weighted by atomic mass is 35.5. The maximum atomic E-state index is 13.1. The molecule has 0 aromatic heterocycles. The number of methoxy groups -OCH3 is 1. The average molecular weight is 360 g/mol. The van der Waals surface area contributed by atoms with Crippen molar-refractivity contribution in [1.82, 2.24) is 4.90 Å². The number of nitrogens with zero attached hydrogens (tertiary/aromatic N) is 1. The Bertz CT molecular complexity index is 733. The third kappa shape index (κ3) is 4.60. The molecule has 2 aromatic rings. The molecule has 2 aromatic carbocycles. The summed E-state index contributed by atoms with van der Waals surface area (Å²) in [5, 5.41) is 0.392. The first kappa shape index (κ1) is 19.0. The summed E-state index contributed by atoms with van der Waals surface area (Å²) in [6, 6.07) is 16.4. The van der Waals surface area contributed by atoms with Crippen molar-refractivity contribution < 1.29 is 14.3 Å². The molecule has 0 saturated heterocycles. The van der Waals surface area contributed by atoms with Crippen molar-refractivity contribution in [2.45, 2.75) is 19.9 Å². The van der Waals surface area contributed by atoms with Crippen molar-refractivity contribution in [2.24, 2.45) is 5.92 Å². The van der Waals surface area contributed by atoms with Gasteiger partial charge in [0.05, 0.1) is 29.7 Å². The van der Waals surface area contributed by atoms with Gasteiger partial charge in [0.25, 0.3) is 5.91 Å². The summed E-state index contributed by atoms with van der Waals surface area (Å²) in [5.74, 6) is -1.00. The van der Waals surface area contributed by atoms with E-state index in [-0.39, 0.29) is 24.5 Å². The Morgan fingerprint density at radius 1 is 1.04 bits per heavy atom. The van der Waals surface area contributed by atoms with Crippen LogP contribution in [0.1, 0.15) is 35.8 Å². The first-order valence-corrected chi connectivity index (χ1v) is 8.51. The number of rotatable bonds is 6. The van der Waals surface area contributed by atoms with Crippen LogP contribution in [-0.4, -0.2) is 30.4 Å². The third-order valence-electron chi connectivity index (χ3n) is 4.19. The van der Waals surface area contributed by atoms with Crippen LogP contribution >= 0.6 is 11.6 Å². The Balaban J connectivity index is 2.36. The summed E-state index contributed by atoms with van der Waals surface area (Å²) in [4.78, 5) is 26.6. The summed E-state index contributed by atoms with van der Waals surface area (Å²) in [6.45, 7) is 3.93. The number of hydrogen-bond acceptors (Lipinski definition) is 3. The van der Waals surface area contributed by atoms with Crippen LogP contribution in [0.5, 0.6) is 0 Å². The van der Waals surface area contributed by atoms with Crippen LogP contribution in [0, 0.1) is 5.92 Å². The molecule has 0 aliphatic heterocycles. The number of carbonyl (C=O) groups excluding carboxylic acids is 2. The van der Waals surface area contributed by atoms with Gasteiger partial charge >= 0.3 is 5.97 Å². The molecule has 132 valence electrons. The lowest BCUT2D eigenvalue weighted by Crippen LogP contribution is -2.39. The van der Waals surface area contributed by atoms with E-state index in [0.29, 0.717) is 10.6 Å². The predicted molar refractivity (Wildman–Crippen MR) is 98.5 cm³/mol. The standard InChI is InChI=1S/C20H22ClNO3/c1-14(20(24)25-3)13-22(15(2)16-9-5-4-6-10-16)19(23)17-11-7-8-12-18(17)21/h4-12,14-15H,13H2,1-3H3. The molecule has 0 fully saturated rings. The maximum Gasteiger partial charge on any atom is 0.310 e. The largest absolute Gasteiger partial charge is 0.469 e. The first-order chi connectivity index (χ1) is 12.0. The Morgan fingerprint density at radius 3 is 2.24 bits per heavy atom. The quantitative estimate of drug-likeness (QED) is 0.720.